The Morgan fingerprint density at radius 3 is 2.66 bits per heavy atom. The summed E-state index contributed by atoms with van der Waals surface area (Å²) in [6.45, 7) is 1.45. The largest absolute Gasteiger partial charge is 0.352 e. The first-order valence-electron chi connectivity index (χ1n) is 11.8. The molecule has 3 aromatic rings. The van der Waals surface area contributed by atoms with E-state index >= 15 is 0 Å². The Morgan fingerprint density at radius 1 is 1.06 bits per heavy atom. The Bertz CT molecular complexity index is 1370. The first kappa shape index (κ1) is 21.3. The first-order chi connectivity index (χ1) is 17.0. The fourth-order valence-corrected chi connectivity index (χ4v) is 5.37. The van der Waals surface area contributed by atoms with Crippen molar-refractivity contribution in [3.05, 3.63) is 48.3 Å². The summed E-state index contributed by atoms with van der Waals surface area (Å²) in [5, 5.41) is 12.0. The summed E-state index contributed by atoms with van der Waals surface area (Å²) in [7, 11) is 0. The lowest BCUT2D eigenvalue weighted by Crippen LogP contribution is -2.53. The Balaban J connectivity index is 1.29. The zero-order valence-corrected chi connectivity index (χ0v) is 18.9. The number of piperidine rings is 2. The minimum atomic E-state index is -0.710. The number of imide groups is 1. The van der Waals surface area contributed by atoms with Gasteiger partial charge in [-0.3, -0.25) is 34.1 Å². The zero-order valence-electron chi connectivity index (χ0n) is 18.9. The predicted molar refractivity (Wildman–Crippen MR) is 128 cm³/mol. The molecule has 2 N–H and O–H groups in total. The number of nitrogens with one attached hydrogen (secondary N) is 2. The molecule has 2 saturated heterocycles. The molecule has 0 spiro atoms. The van der Waals surface area contributed by atoms with E-state index < -0.39 is 11.9 Å². The summed E-state index contributed by atoms with van der Waals surface area (Å²) in [6, 6.07) is 8.84. The van der Waals surface area contributed by atoms with Crippen molar-refractivity contribution in [3.63, 3.8) is 0 Å². The highest BCUT2D eigenvalue weighted by atomic mass is 16.2. The lowest BCUT2D eigenvalue weighted by molar-refractivity contribution is -0.134. The summed E-state index contributed by atoms with van der Waals surface area (Å²) in [5.41, 5.74) is 2.88. The SMILES string of the molecule is O=CN1CCC(n2cc(Nc3ccc4c5c(cccc35)C(=O)N4C3CCC(=O)NC3=O)cn2)CC1. The fourth-order valence-electron chi connectivity index (χ4n) is 5.37. The number of anilines is 3. The quantitative estimate of drug-likeness (QED) is 0.435. The van der Waals surface area contributed by atoms with Crippen LogP contribution in [0, 0.1) is 0 Å². The van der Waals surface area contributed by atoms with Crippen LogP contribution in [0.4, 0.5) is 17.1 Å². The molecule has 1 atom stereocenters. The van der Waals surface area contributed by atoms with Gasteiger partial charge < -0.3 is 10.2 Å². The predicted octanol–water partition coefficient (Wildman–Crippen LogP) is 2.34. The highest BCUT2D eigenvalue weighted by Crippen LogP contribution is 2.43. The van der Waals surface area contributed by atoms with Crippen molar-refractivity contribution in [3.8, 4) is 0 Å². The van der Waals surface area contributed by atoms with Crippen molar-refractivity contribution < 1.29 is 19.2 Å². The van der Waals surface area contributed by atoms with Crippen LogP contribution in [0.1, 0.15) is 42.1 Å². The van der Waals surface area contributed by atoms with Gasteiger partial charge in [-0.15, -0.1) is 0 Å². The molecule has 1 unspecified atom stereocenters. The topological polar surface area (TPSA) is 117 Å². The van der Waals surface area contributed by atoms with Crippen molar-refractivity contribution in [2.24, 2.45) is 0 Å². The van der Waals surface area contributed by atoms with E-state index in [1.165, 1.54) is 4.90 Å². The van der Waals surface area contributed by atoms with Crippen molar-refractivity contribution >= 4 is 52.0 Å². The van der Waals surface area contributed by atoms with Crippen LogP contribution in [0.25, 0.3) is 10.8 Å². The number of hydrogen-bond donors (Lipinski definition) is 2. The van der Waals surface area contributed by atoms with Crippen molar-refractivity contribution in [1.29, 1.82) is 0 Å². The maximum absolute atomic E-state index is 13.3. The summed E-state index contributed by atoms with van der Waals surface area (Å²) >= 11 is 0. The van der Waals surface area contributed by atoms with Crippen LogP contribution in [0.15, 0.2) is 42.7 Å². The van der Waals surface area contributed by atoms with Crippen LogP contribution in [-0.2, 0) is 14.4 Å². The molecule has 3 aliphatic heterocycles. The molecule has 2 fully saturated rings. The molecule has 1 aromatic heterocycles. The van der Waals surface area contributed by atoms with Gasteiger partial charge in [0.25, 0.3) is 5.91 Å². The van der Waals surface area contributed by atoms with E-state index in [9.17, 15) is 19.2 Å². The van der Waals surface area contributed by atoms with Gasteiger partial charge in [-0.05, 0) is 37.5 Å². The van der Waals surface area contributed by atoms with Crippen LogP contribution in [0.5, 0.6) is 0 Å². The molecule has 178 valence electrons. The number of carbonyl (C=O) groups is 4. The van der Waals surface area contributed by atoms with E-state index in [2.05, 4.69) is 15.7 Å². The van der Waals surface area contributed by atoms with Gasteiger partial charge in [0.2, 0.25) is 18.2 Å². The standard InChI is InChI=1S/C25H24N6O4/c32-14-29-10-8-16(9-11-29)30-13-15(12-26-30)27-19-4-5-20-23-17(19)2-1-3-18(23)25(35)31(20)21-6-7-22(33)28-24(21)34/h1-5,12-14,16,21,27H,6-11H2,(H,28,33,34). The number of aromatic nitrogens is 2. The molecular weight excluding hydrogens is 448 g/mol. The van der Waals surface area contributed by atoms with Crippen molar-refractivity contribution in [2.45, 2.75) is 37.8 Å². The second-order valence-corrected chi connectivity index (χ2v) is 9.21. The number of hydrogen-bond acceptors (Lipinski definition) is 6. The molecular formula is C25H24N6O4. The monoisotopic (exact) mass is 472 g/mol. The fraction of sp³-hybridized carbons (Fsp3) is 0.320. The molecule has 10 heteroatoms. The van der Waals surface area contributed by atoms with Crippen molar-refractivity contribution in [2.75, 3.05) is 23.3 Å². The highest BCUT2D eigenvalue weighted by Gasteiger charge is 2.40. The van der Waals surface area contributed by atoms with Gasteiger partial charge in [0.15, 0.2) is 0 Å². The number of carbonyl (C=O) groups excluding carboxylic acids is 4. The van der Waals surface area contributed by atoms with Gasteiger partial charge in [-0.2, -0.15) is 5.10 Å². The molecule has 10 nitrogen and oxygen atoms in total. The van der Waals surface area contributed by atoms with Gasteiger partial charge in [-0.25, -0.2) is 0 Å². The number of nitrogens with zero attached hydrogens (tertiary/aromatic N) is 4. The van der Waals surface area contributed by atoms with Crippen LogP contribution < -0.4 is 15.5 Å². The molecule has 0 aliphatic carbocycles. The molecule has 2 aromatic carbocycles. The van der Waals surface area contributed by atoms with E-state index in [0.717, 1.165) is 54.5 Å². The maximum atomic E-state index is 13.3. The Hall–Kier alpha value is -4.21. The summed E-state index contributed by atoms with van der Waals surface area (Å²) in [5.74, 6) is -0.981. The molecule has 35 heavy (non-hydrogen) atoms. The summed E-state index contributed by atoms with van der Waals surface area (Å²) in [6.07, 6.45) is 6.86. The van der Waals surface area contributed by atoms with Crippen LogP contribution in [-0.4, -0.2) is 57.9 Å². The number of rotatable bonds is 5. The Kier molecular flexibility index (Phi) is 5.01. The number of likely N-dealkylation sites (tertiary alicyclic amines) is 1. The highest BCUT2D eigenvalue weighted by molar-refractivity contribution is 6.28. The summed E-state index contributed by atoms with van der Waals surface area (Å²) in [4.78, 5) is 51.7. The third kappa shape index (κ3) is 3.52. The lowest BCUT2D eigenvalue weighted by Gasteiger charge is -2.30. The maximum Gasteiger partial charge on any atom is 0.259 e. The molecule has 6 rings (SSSR count). The zero-order chi connectivity index (χ0) is 24.1. The van der Waals surface area contributed by atoms with Crippen molar-refractivity contribution in [1.82, 2.24) is 20.0 Å². The van der Waals surface area contributed by atoms with Crippen LogP contribution in [0.3, 0.4) is 0 Å². The summed E-state index contributed by atoms with van der Waals surface area (Å²) < 4.78 is 1.94. The first-order valence-corrected chi connectivity index (χ1v) is 11.8. The van der Waals surface area contributed by atoms with E-state index in [1.807, 2.05) is 35.1 Å². The third-order valence-corrected chi connectivity index (χ3v) is 7.15. The lowest BCUT2D eigenvalue weighted by atomic mass is 10.0. The van der Waals surface area contributed by atoms with Gasteiger partial charge in [0, 0.05) is 47.7 Å². The van der Waals surface area contributed by atoms with Crippen LogP contribution in [0.2, 0.25) is 0 Å². The molecule has 3 aliphatic rings. The van der Waals surface area contributed by atoms with E-state index in [0.29, 0.717) is 17.7 Å². The van der Waals surface area contributed by atoms with Crippen LogP contribution >= 0.6 is 0 Å². The number of benzene rings is 2. The van der Waals surface area contributed by atoms with E-state index in [4.69, 9.17) is 0 Å². The van der Waals surface area contributed by atoms with Gasteiger partial charge in [0.1, 0.15) is 6.04 Å². The van der Waals surface area contributed by atoms with Gasteiger partial charge >= 0.3 is 0 Å². The Morgan fingerprint density at radius 2 is 1.89 bits per heavy atom. The molecule has 0 radical (unpaired) electrons. The van der Waals surface area contributed by atoms with Gasteiger partial charge in [-0.1, -0.05) is 12.1 Å². The third-order valence-electron chi connectivity index (χ3n) is 7.15. The van der Waals surface area contributed by atoms with Gasteiger partial charge in [0.05, 0.1) is 23.6 Å². The molecule has 4 amide bonds. The second-order valence-electron chi connectivity index (χ2n) is 9.21. The average molecular weight is 473 g/mol. The second kappa shape index (κ2) is 8.23. The Labute approximate surface area is 200 Å². The van der Waals surface area contributed by atoms with E-state index in [1.54, 1.807) is 17.2 Å². The minimum Gasteiger partial charge on any atom is -0.352 e. The molecule has 0 bridgehead atoms. The minimum absolute atomic E-state index is 0.206. The smallest absolute Gasteiger partial charge is 0.259 e. The average Bonchev–Trinajstić information content (AvgIpc) is 3.45. The molecule has 4 heterocycles. The van der Waals surface area contributed by atoms with E-state index in [-0.39, 0.29) is 24.3 Å². The normalized spacial score (nSPS) is 20.5. The molecule has 0 saturated carbocycles. The number of amides is 4.